The van der Waals surface area contributed by atoms with E-state index in [-0.39, 0.29) is 12.6 Å². The molecule has 0 saturated heterocycles. The van der Waals surface area contributed by atoms with Gasteiger partial charge in [-0.1, -0.05) is 5.92 Å². The quantitative estimate of drug-likeness (QED) is 0.804. The minimum Gasteiger partial charge on any atom is -0.480 e. The van der Waals surface area contributed by atoms with Crippen molar-refractivity contribution in [1.29, 1.82) is 0 Å². The lowest BCUT2D eigenvalue weighted by atomic mass is 9.92. The fourth-order valence-corrected chi connectivity index (χ4v) is 2.41. The Balaban J connectivity index is 2.21. The molecule has 17 heavy (non-hydrogen) atoms. The maximum Gasteiger partial charge on any atom is 0.317 e. The van der Waals surface area contributed by atoms with Crippen molar-refractivity contribution < 1.29 is 14.3 Å². The van der Waals surface area contributed by atoms with E-state index < -0.39 is 5.97 Å². The Morgan fingerprint density at radius 1 is 1.71 bits per heavy atom. The maximum atomic E-state index is 10.8. The summed E-state index contributed by atoms with van der Waals surface area (Å²) in [7, 11) is 0. The Labute approximate surface area is 100 Å². The third-order valence-electron chi connectivity index (χ3n) is 3.09. The van der Waals surface area contributed by atoms with E-state index in [2.05, 4.69) is 5.92 Å². The Morgan fingerprint density at radius 3 is 3.24 bits per heavy atom. The minimum atomic E-state index is -0.851. The number of carboxylic acid groups (broad SMARTS) is 1. The molecule has 0 saturated carbocycles. The molecule has 0 amide bonds. The summed E-state index contributed by atoms with van der Waals surface area (Å²) >= 11 is 0. The molecule has 1 unspecified atom stereocenters. The summed E-state index contributed by atoms with van der Waals surface area (Å²) in [5, 5.41) is 8.91. The van der Waals surface area contributed by atoms with Crippen molar-refractivity contribution in [2.45, 2.75) is 25.3 Å². The molecule has 2 rings (SSSR count). The van der Waals surface area contributed by atoms with E-state index in [0.29, 0.717) is 6.54 Å². The highest BCUT2D eigenvalue weighted by Gasteiger charge is 2.28. The van der Waals surface area contributed by atoms with Crippen molar-refractivity contribution in [3.05, 3.63) is 23.7 Å². The molecule has 0 aliphatic heterocycles. The average molecular weight is 233 g/mol. The zero-order chi connectivity index (χ0) is 12.3. The Kier molecular flexibility index (Phi) is 3.50. The third kappa shape index (κ3) is 2.51. The number of hydrogen-bond donors (Lipinski definition) is 1. The van der Waals surface area contributed by atoms with E-state index in [0.717, 1.165) is 30.6 Å². The van der Waals surface area contributed by atoms with E-state index in [1.807, 2.05) is 11.0 Å². The SMILES string of the molecule is C#CCN(CC(=O)O)C1CCCc2occc21. The molecule has 1 heterocycles. The van der Waals surface area contributed by atoms with Gasteiger partial charge in [0.15, 0.2) is 0 Å². The van der Waals surface area contributed by atoms with Crippen LogP contribution in [-0.4, -0.2) is 29.1 Å². The van der Waals surface area contributed by atoms with Crippen LogP contribution < -0.4 is 0 Å². The molecule has 1 N–H and O–H groups in total. The lowest BCUT2D eigenvalue weighted by Gasteiger charge is -2.31. The van der Waals surface area contributed by atoms with Gasteiger partial charge in [0.05, 0.1) is 19.4 Å². The van der Waals surface area contributed by atoms with Gasteiger partial charge >= 0.3 is 5.97 Å². The van der Waals surface area contributed by atoms with Gasteiger partial charge in [-0.3, -0.25) is 9.69 Å². The number of aliphatic carboxylic acids is 1. The second kappa shape index (κ2) is 5.07. The number of nitrogens with zero attached hydrogens (tertiary/aromatic N) is 1. The number of carboxylic acids is 1. The number of furan rings is 1. The van der Waals surface area contributed by atoms with Crippen molar-refractivity contribution in [2.24, 2.45) is 0 Å². The zero-order valence-corrected chi connectivity index (χ0v) is 9.56. The Hall–Kier alpha value is -1.73. The fourth-order valence-electron chi connectivity index (χ4n) is 2.41. The van der Waals surface area contributed by atoms with Crippen molar-refractivity contribution in [3.63, 3.8) is 0 Å². The van der Waals surface area contributed by atoms with Crippen LogP contribution in [0.1, 0.15) is 30.2 Å². The molecule has 0 spiro atoms. The molecule has 1 aliphatic rings. The van der Waals surface area contributed by atoms with Crippen LogP contribution in [-0.2, 0) is 11.2 Å². The van der Waals surface area contributed by atoms with E-state index in [4.69, 9.17) is 15.9 Å². The smallest absolute Gasteiger partial charge is 0.317 e. The van der Waals surface area contributed by atoms with Crippen molar-refractivity contribution in [2.75, 3.05) is 13.1 Å². The zero-order valence-electron chi connectivity index (χ0n) is 9.56. The van der Waals surface area contributed by atoms with Crippen molar-refractivity contribution in [3.8, 4) is 12.3 Å². The first-order valence-electron chi connectivity index (χ1n) is 5.68. The Morgan fingerprint density at radius 2 is 2.53 bits per heavy atom. The van der Waals surface area contributed by atoms with Gasteiger partial charge in [-0.05, 0) is 18.9 Å². The lowest BCUT2D eigenvalue weighted by molar-refractivity contribution is -0.138. The number of rotatable bonds is 4. The minimum absolute atomic E-state index is 0.0283. The fraction of sp³-hybridized carbons (Fsp3) is 0.462. The van der Waals surface area contributed by atoms with Gasteiger partial charge in [-0.2, -0.15) is 0 Å². The molecule has 1 aliphatic carbocycles. The molecular formula is C13H15NO3. The number of aryl methyl sites for hydroxylation is 1. The van der Waals surface area contributed by atoms with Crippen molar-refractivity contribution >= 4 is 5.97 Å². The Bertz CT molecular complexity index is 444. The summed E-state index contributed by atoms with van der Waals surface area (Å²) in [6.07, 6.45) is 9.83. The molecule has 0 radical (unpaired) electrons. The highest BCUT2D eigenvalue weighted by atomic mass is 16.4. The summed E-state index contributed by atoms with van der Waals surface area (Å²) in [5.41, 5.74) is 1.09. The van der Waals surface area contributed by atoms with Crippen LogP contribution in [0.4, 0.5) is 0 Å². The van der Waals surface area contributed by atoms with E-state index in [1.54, 1.807) is 6.26 Å². The first-order chi connectivity index (χ1) is 8.22. The van der Waals surface area contributed by atoms with Crippen LogP contribution in [0.25, 0.3) is 0 Å². The highest BCUT2D eigenvalue weighted by Crippen LogP contribution is 2.34. The normalized spacial score (nSPS) is 18.7. The van der Waals surface area contributed by atoms with Crippen LogP contribution in [0, 0.1) is 12.3 Å². The number of hydrogen-bond acceptors (Lipinski definition) is 3. The average Bonchev–Trinajstić information content (AvgIpc) is 2.75. The van der Waals surface area contributed by atoms with Gasteiger partial charge in [0.2, 0.25) is 0 Å². The number of carbonyl (C=O) groups is 1. The highest BCUT2D eigenvalue weighted by molar-refractivity contribution is 5.69. The topological polar surface area (TPSA) is 53.7 Å². The van der Waals surface area contributed by atoms with Crippen LogP contribution in [0.3, 0.4) is 0 Å². The second-order valence-electron chi connectivity index (χ2n) is 4.21. The number of fused-ring (bicyclic) bond motifs is 1. The van der Waals surface area contributed by atoms with Gasteiger partial charge < -0.3 is 9.52 Å². The summed E-state index contributed by atoms with van der Waals surface area (Å²) in [4.78, 5) is 12.7. The summed E-state index contributed by atoms with van der Waals surface area (Å²) in [6, 6.07) is 1.99. The van der Waals surface area contributed by atoms with Gasteiger partial charge in [-0.15, -0.1) is 6.42 Å². The van der Waals surface area contributed by atoms with Gasteiger partial charge in [-0.25, -0.2) is 0 Å². The summed E-state index contributed by atoms with van der Waals surface area (Å²) in [5.74, 6) is 2.64. The molecule has 1 aromatic heterocycles. The molecule has 0 aromatic carbocycles. The van der Waals surface area contributed by atoms with Crippen LogP contribution in [0.5, 0.6) is 0 Å². The number of terminal acetylenes is 1. The molecular weight excluding hydrogens is 218 g/mol. The van der Waals surface area contributed by atoms with Crippen molar-refractivity contribution in [1.82, 2.24) is 4.90 Å². The molecule has 4 nitrogen and oxygen atoms in total. The molecule has 1 atom stereocenters. The maximum absolute atomic E-state index is 10.8. The molecule has 0 fully saturated rings. The third-order valence-corrected chi connectivity index (χ3v) is 3.09. The summed E-state index contributed by atoms with van der Waals surface area (Å²) < 4.78 is 5.39. The van der Waals surface area contributed by atoms with E-state index >= 15 is 0 Å². The largest absolute Gasteiger partial charge is 0.480 e. The van der Waals surface area contributed by atoms with E-state index in [1.165, 1.54) is 0 Å². The van der Waals surface area contributed by atoms with Crippen LogP contribution in [0.15, 0.2) is 16.7 Å². The van der Waals surface area contributed by atoms with E-state index in [9.17, 15) is 4.79 Å². The molecule has 90 valence electrons. The lowest BCUT2D eigenvalue weighted by Crippen LogP contribution is -2.35. The second-order valence-corrected chi connectivity index (χ2v) is 4.21. The van der Waals surface area contributed by atoms with Crippen LogP contribution in [0.2, 0.25) is 0 Å². The predicted molar refractivity (Wildman–Crippen MR) is 62.4 cm³/mol. The first kappa shape index (κ1) is 11.7. The van der Waals surface area contributed by atoms with Gasteiger partial charge in [0, 0.05) is 18.0 Å². The molecule has 4 heteroatoms. The van der Waals surface area contributed by atoms with Crippen LogP contribution >= 0.6 is 0 Å². The molecule has 1 aromatic rings. The van der Waals surface area contributed by atoms with Gasteiger partial charge in [0.1, 0.15) is 5.76 Å². The standard InChI is InChI=1S/C13H15NO3/c1-2-7-14(9-13(15)16)11-4-3-5-12-10(11)6-8-17-12/h1,6,8,11H,3-5,7,9H2,(H,15,16). The summed E-state index contributed by atoms with van der Waals surface area (Å²) in [6.45, 7) is 0.321. The monoisotopic (exact) mass is 233 g/mol. The predicted octanol–water partition coefficient (Wildman–Crippen LogP) is 1.68. The van der Waals surface area contributed by atoms with Gasteiger partial charge in [0.25, 0.3) is 0 Å². The molecule has 0 bridgehead atoms. The first-order valence-corrected chi connectivity index (χ1v) is 5.68.